The Morgan fingerprint density at radius 2 is 1.86 bits per heavy atom. The summed E-state index contributed by atoms with van der Waals surface area (Å²) in [6.07, 6.45) is 2.38. The van der Waals surface area contributed by atoms with Crippen LogP contribution in [0, 0.1) is 0 Å². The van der Waals surface area contributed by atoms with Crippen LogP contribution >= 0.6 is 0 Å². The van der Waals surface area contributed by atoms with Gasteiger partial charge in [-0.25, -0.2) is 9.50 Å². The second kappa shape index (κ2) is 6.91. The van der Waals surface area contributed by atoms with Crippen molar-refractivity contribution >= 4 is 17.4 Å². The number of carbonyl (C=O) groups is 1. The highest BCUT2D eigenvalue weighted by Gasteiger charge is 2.26. The third kappa shape index (κ3) is 3.11. The summed E-state index contributed by atoms with van der Waals surface area (Å²) in [6, 6.07) is 14.2. The summed E-state index contributed by atoms with van der Waals surface area (Å²) >= 11 is 0. The topological polar surface area (TPSA) is 65.8 Å². The number of aromatic nitrogens is 3. The van der Waals surface area contributed by atoms with Gasteiger partial charge in [0, 0.05) is 43.9 Å². The normalized spacial score (nSPS) is 17.8. The first-order valence-electron chi connectivity index (χ1n) is 9.88. The first-order valence-corrected chi connectivity index (χ1v) is 9.88. The van der Waals surface area contributed by atoms with Crippen molar-refractivity contribution in [1.82, 2.24) is 24.8 Å². The largest absolute Gasteiger partial charge is 0.356 e. The monoisotopic (exact) mass is 376 g/mol. The van der Waals surface area contributed by atoms with Crippen LogP contribution in [0.4, 0.5) is 5.82 Å². The molecule has 2 aliphatic rings. The molecule has 2 aliphatic heterocycles. The van der Waals surface area contributed by atoms with E-state index in [1.165, 1.54) is 12.8 Å². The Balaban J connectivity index is 1.55. The zero-order valence-electron chi connectivity index (χ0n) is 16.0. The van der Waals surface area contributed by atoms with E-state index in [2.05, 4.69) is 38.4 Å². The Kier molecular flexibility index (Phi) is 4.24. The highest BCUT2D eigenvalue weighted by atomic mass is 16.2. The SMILES string of the molecule is CN1CC(NC(=O)c2cc3nc(N4CCCC4)cc(-c4ccccc4)n3n2)C1. The van der Waals surface area contributed by atoms with E-state index in [0.717, 1.165) is 43.3 Å². The molecule has 28 heavy (non-hydrogen) atoms. The van der Waals surface area contributed by atoms with Gasteiger partial charge in [-0.15, -0.1) is 0 Å². The Bertz CT molecular complexity index is 1000. The van der Waals surface area contributed by atoms with E-state index in [1.807, 2.05) is 25.2 Å². The van der Waals surface area contributed by atoms with Gasteiger partial charge < -0.3 is 15.1 Å². The molecule has 0 aliphatic carbocycles. The van der Waals surface area contributed by atoms with Crippen LogP contribution in [0.15, 0.2) is 42.5 Å². The van der Waals surface area contributed by atoms with Crippen LogP contribution in [-0.4, -0.2) is 64.7 Å². The van der Waals surface area contributed by atoms with E-state index in [9.17, 15) is 4.79 Å². The summed E-state index contributed by atoms with van der Waals surface area (Å²) in [5, 5.41) is 7.66. The van der Waals surface area contributed by atoms with E-state index in [-0.39, 0.29) is 11.9 Å². The van der Waals surface area contributed by atoms with Gasteiger partial charge in [0.25, 0.3) is 5.91 Å². The molecular weight excluding hydrogens is 352 g/mol. The molecule has 2 aromatic heterocycles. The van der Waals surface area contributed by atoms with Crippen LogP contribution in [0.25, 0.3) is 16.9 Å². The molecule has 5 rings (SSSR count). The maximum Gasteiger partial charge on any atom is 0.272 e. The molecule has 2 saturated heterocycles. The summed E-state index contributed by atoms with van der Waals surface area (Å²) in [6.45, 7) is 3.81. The van der Waals surface area contributed by atoms with E-state index >= 15 is 0 Å². The molecule has 1 aromatic carbocycles. The molecule has 3 aromatic rings. The predicted octanol–water partition coefficient (Wildman–Crippen LogP) is 2.04. The molecule has 0 unspecified atom stereocenters. The zero-order chi connectivity index (χ0) is 19.1. The molecule has 2 fully saturated rings. The van der Waals surface area contributed by atoms with Crippen molar-refractivity contribution < 1.29 is 4.79 Å². The van der Waals surface area contributed by atoms with Gasteiger partial charge in [-0.3, -0.25) is 4.79 Å². The van der Waals surface area contributed by atoms with Gasteiger partial charge >= 0.3 is 0 Å². The number of nitrogens with zero attached hydrogens (tertiary/aromatic N) is 5. The van der Waals surface area contributed by atoms with Gasteiger partial charge in [0.05, 0.1) is 11.7 Å². The maximum absolute atomic E-state index is 12.7. The number of likely N-dealkylation sites (N-methyl/N-ethyl adjacent to an activating group) is 1. The fraction of sp³-hybridized carbons (Fsp3) is 0.381. The highest BCUT2D eigenvalue weighted by Crippen LogP contribution is 2.27. The van der Waals surface area contributed by atoms with Gasteiger partial charge in [-0.1, -0.05) is 30.3 Å². The summed E-state index contributed by atoms with van der Waals surface area (Å²) in [4.78, 5) is 22.0. The minimum atomic E-state index is -0.134. The zero-order valence-corrected chi connectivity index (χ0v) is 16.0. The number of amides is 1. The molecule has 0 atom stereocenters. The number of carbonyl (C=O) groups excluding carboxylic acids is 1. The minimum absolute atomic E-state index is 0.134. The van der Waals surface area contributed by atoms with Crippen LogP contribution in [0.5, 0.6) is 0 Å². The fourth-order valence-corrected chi connectivity index (χ4v) is 4.04. The summed E-state index contributed by atoms with van der Waals surface area (Å²) < 4.78 is 1.79. The number of anilines is 1. The molecular formula is C21H24N6O. The Morgan fingerprint density at radius 3 is 2.57 bits per heavy atom. The number of rotatable bonds is 4. The average Bonchev–Trinajstić information content (AvgIpc) is 3.36. The van der Waals surface area contributed by atoms with Crippen LogP contribution in [-0.2, 0) is 0 Å². The molecule has 7 heteroatoms. The van der Waals surface area contributed by atoms with E-state index < -0.39 is 0 Å². The van der Waals surface area contributed by atoms with E-state index in [0.29, 0.717) is 11.3 Å². The van der Waals surface area contributed by atoms with Gasteiger partial charge in [0.15, 0.2) is 11.3 Å². The smallest absolute Gasteiger partial charge is 0.272 e. The highest BCUT2D eigenvalue weighted by molar-refractivity contribution is 5.94. The third-order valence-electron chi connectivity index (χ3n) is 5.55. The van der Waals surface area contributed by atoms with Gasteiger partial charge in [0.1, 0.15) is 5.82 Å². The maximum atomic E-state index is 12.7. The number of likely N-dealkylation sites (tertiary alicyclic amines) is 1. The van der Waals surface area contributed by atoms with E-state index in [1.54, 1.807) is 10.6 Å². The standard InChI is InChI=1S/C21H24N6O/c1-25-13-16(14-25)22-21(28)17-11-20-23-19(26-9-5-6-10-26)12-18(27(20)24-17)15-7-3-2-4-8-15/h2-4,7-8,11-12,16H,5-6,9-10,13-14H2,1H3,(H,22,28). The Morgan fingerprint density at radius 1 is 1.11 bits per heavy atom. The summed E-state index contributed by atoms with van der Waals surface area (Å²) in [5.74, 6) is 0.821. The molecule has 1 amide bonds. The van der Waals surface area contributed by atoms with Crippen molar-refractivity contribution in [3.63, 3.8) is 0 Å². The minimum Gasteiger partial charge on any atom is -0.356 e. The lowest BCUT2D eigenvalue weighted by molar-refractivity contribution is 0.0852. The van der Waals surface area contributed by atoms with Crippen molar-refractivity contribution in [2.75, 3.05) is 38.1 Å². The summed E-state index contributed by atoms with van der Waals surface area (Å²) in [5.41, 5.74) is 3.14. The van der Waals surface area contributed by atoms with Crippen LogP contribution in [0.2, 0.25) is 0 Å². The molecule has 144 valence electrons. The summed E-state index contributed by atoms with van der Waals surface area (Å²) in [7, 11) is 2.05. The number of benzene rings is 1. The van der Waals surface area contributed by atoms with Crippen molar-refractivity contribution in [2.45, 2.75) is 18.9 Å². The first kappa shape index (κ1) is 17.2. The van der Waals surface area contributed by atoms with Crippen molar-refractivity contribution in [3.8, 4) is 11.3 Å². The molecule has 1 N–H and O–H groups in total. The van der Waals surface area contributed by atoms with Gasteiger partial charge in [-0.05, 0) is 19.9 Å². The Labute approximate surface area is 164 Å². The average molecular weight is 376 g/mol. The molecule has 0 radical (unpaired) electrons. The number of fused-ring (bicyclic) bond motifs is 1. The lowest BCUT2D eigenvalue weighted by Gasteiger charge is -2.36. The lowest BCUT2D eigenvalue weighted by Crippen LogP contribution is -2.57. The van der Waals surface area contributed by atoms with Gasteiger partial charge in [-0.2, -0.15) is 5.10 Å². The number of nitrogens with one attached hydrogen (secondary N) is 1. The molecule has 0 spiro atoms. The van der Waals surface area contributed by atoms with Crippen molar-refractivity contribution in [3.05, 3.63) is 48.2 Å². The number of hydrogen-bond donors (Lipinski definition) is 1. The van der Waals surface area contributed by atoms with Crippen LogP contribution in [0.3, 0.4) is 0 Å². The van der Waals surface area contributed by atoms with Crippen LogP contribution < -0.4 is 10.2 Å². The molecule has 0 saturated carbocycles. The van der Waals surface area contributed by atoms with Crippen molar-refractivity contribution in [1.29, 1.82) is 0 Å². The first-order chi connectivity index (χ1) is 13.7. The molecule has 0 bridgehead atoms. The Hall–Kier alpha value is -2.93. The molecule has 4 heterocycles. The fourth-order valence-electron chi connectivity index (χ4n) is 4.04. The third-order valence-corrected chi connectivity index (χ3v) is 5.55. The molecule has 7 nitrogen and oxygen atoms in total. The lowest BCUT2D eigenvalue weighted by atomic mass is 10.1. The second-order valence-electron chi connectivity index (χ2n) is 7.75. The second-order valence-corrected chi connectivity index (χ2v) is 7.75. The number of hydrogen-bond acceptors (Lipinski definition) is 5. The van der Waals surface area contributed by atoms with E-state index in [4.69, 9.17) is 4.98 Å². The predicted molar refractivity (Wildman–Crippen MR) is 109 cm³/mol. The quantitative estimate of drug-likeness (QED) is 0.755. The van der Waals surface area contributed by atoms with Gasteiger partial charge in [0.2, 0.25) is 0 Å². The van der Waals surface area contributed by atoms with Crippen LogP contribution in [0.1, 0.15) is 23.3 Å². The van der Waals surface area contributed by atoms with Crippen molar-refractivity contribution in [2.24, 2.45) is 0 Å².